The van der Waals surface area contributed by atoms with Crippen LogP contribution in [0.4, 0.5) is 0 Å². The quantitative estimate of drug-likeness (QED) is 0.0773. The lowest BCUT2D eigenvalue weighted by Gasteiger charge is -2.48. The monoisotopic (exact) mass is 672 g/mol. The lowest BCUT2D eigenvalue weighted by molar-refractivity contribution is -0.241. The Bertz CT molecular complexity index is 1030. The molecule has 3 unspecified atom stereocenters. The Labute approximate surface area is 241 Å². The Morgan fingerprint density at radius 1 is 0.500 bits per heavy atom. The molecule has 0 amide bonds. The molecule has 0 aromatic rings. The molecule has 246 valence electrons. The summed E-state index contributed by atoms with van der Waals surface area (Å²) < 4.78 is 69.1. The van der Waals surface area contributed by atoms with Crippen LogP contribution in [0.3, 0.4) is 0 Å². The van der Waals surface area contributed by atoms with Crippen molar-refractivity contribution in [1.82, 2.24) is 0 Å². The second-order valence-corrected chi connectivity index (χ2v) is 15.5. The van der Waals surface area contributed by atoms with Crippen molar-refractivity contribution >= 4 is 40.7 Å². The zero-order valence-electron chi connectivity index (χ0n) is 23.7. The van der Waals surface area contributed by atoms with Crippen molar-refractivity contribution in [2.45, 2.75) is 78.2 Å². The van der Waals surface area contributed by atoms with Gasteiger partial charge in [-0.05, 0) is 0 Å². The SMILES string of the molecule is CC(C)C(=O)O[C@@H]1[C@@H](OC(=O)C(C)C)[C@H](OP(=O)(O)CO)[C@@H](OP(=O)(O)CO)[C@@H](OP(=O)(O)CO)[C@H]1OC(=O)C(C)C. The number of carbonyl (C=O) groups excluding carboxylic acids is 3. The Hall–Kier alpha value is -1.26. The zero-order valence-corrected chi connectivity index (χ0v) is 26.4. The maximum atomic E-state index is 12.8. The third kappa shape index (κ3) is 11.0. The van der Waals surface area contributed by atoms with Crippen molar-refractivity contribution < 1.29 is 85.9 Å². The van der Waals surface area contributed by atoms with Gasteiger partial charge in [-0.15, -0.1) is 0 Å². The van der Waals surface area contributed by atoms with Gasteiger partial charge in [0.05, 0.1) is 17.8 Å². The normalized spacial score (nSPS) is 28.9. The van der Waals surface area contributed by atoms with Gasteiger partial charge in [0.25, 0.3) is 0 Å². The summed E-state index contributed by atoms with van der Waals surface area (Å²) in [6.45, 7) is 8.24. The number of aliphatic hydroxyl groups excluding tert-OH is 3. The van der Waals surface area contributed by atoms with E-state index < -0.39 is 114 Å². The average molecular weight is 672 g/mol. The van der Waals surface area contributed by atoms with Crippen LogP contribution in [0.2, 0.25) is 0 Å². The van der Waals surface area contributed by atoms with E-state index in [0.29, 0.717) is 0 Å². The van der Waals surface area contributed by atoms with Gasteiger partial charge in [-0.3, -0.25) is 41.6 Å². The Morgan fingerprint density at radius 3 is 0.881 bits per heavy atom. The Balaban J connectivity index is 4.15. The molecule has 0 bridgehead atoms. The number of carbonyl (C=O) groups is 3. The predicted molar refractivity (Wildman–Crippen MR) is 140 cm³/mol. The van der Waals surface area contributed by atoms with Gasteiger partial charge in [0, 0.05) is 0 Å². The minimum absolute atomic E-state index is 0.893. The van der Waals surface area contributed by atoms with Gasteiger partial charge >= 0.3 is 40.7 Å². The number of rotatable bonds is 15. The van der Waals surface area contributed by atoms with Crippen LogP contribution in [0.15, 0.2) is 0 Å². The maximum Gasteiger partial charge on any atom is 0.353 e. The van der Waals surface area contributed by atoms with Crippen LogP contribution in [-0.2, 0) is 55.9 Å². The molecule has 9 atom stereocenters. The van der Waals surface area contributed by atoms with Gasteiger partial charge in [-0.2, -0.15) is 0 Å². The Kier molecular flexibility index (Phi) is 14.4. The van der Waals surface area contributed by atoms with Crippen LogP contribution < -0.4 is 0 Å². The van der Waals surface area contributed by atoms with E-state index in [-0.39, 0.29) is 0 Å². The molecular weight excluding hydrogens is 633 g/mol. The van der Waals surface area contributed by atoms with Gasteiger partial charge in [0.2, 0.25) is 0 Å². The number of hydrogen-bond donors (Lipinski definition) is 6. The Morgan fingerprint density at radius 2 is 0.690 bits per heavy atom. The first-order valence-corrected chi connectivity index (χ1v) is 17.9. The second-order valence-electron chi connectivity index (χ2n) is 10.2. The van der Waals surface area contributed by atoms with Crippen molar-refractivity contribution in [3.63, 3.8) is 0 Å². The summed E-state index contributed by atoms with van der Waals surface area (Å²) >= 11 is 0. The molecule has 0 aliphatic heterocycles. The van der Waals surface area contributed by atoms with E-state index in [1.807, 2.05) is 0 Å². The van der Waals surface area contributed by atoms with Crippen molar-refractivity contribution in [3.05, 3.63) is 0 Å². The summed E-state index contributed by atoms with van der Waals surface area (Å²) in [5.74, 6) is -5.86. The molecule has 42 heavy (non-hydrogen) atoms. The molecule has 6 N–H and O–H groups in total. The summed E-state index contributed by atoms with van der Waals surface area (Å²) in [5.41, 5.74) is 0. The van der Waals surface area contributed by atoms with E-state index in [0.717, 1.165) is 0 Å². The lowest BCUT2D eigenvalue weighted by Crippen LogP contribution is -2.68. The number of hydrogen-bond acceptors (Lipinski definition) is 15. The summed E-state index contributed by atoms with van der Waals surface area (Å²) in [6, 6.07) is 0. The largest absolute Gasteiger partial charge is 0.455 e. The van der Waals surface area contributed by atoms with Gasteiger partial charge in [-0.25, -0.2) is 0 Å². The highest BCUT2D eigenvalue weighted by Crippen LogP contribution is 2.54. The minimum Gasteiger partial charge on any atom is -0.455 e. The van der Waals surface area contributed by atoms with Gasteiger partial charge in [0.15, 0.2) is 18.3 Å². The van der Waals surface area contributed by atoms with Crippen LogP contribution in [0.1, 0.15) is 41.5 Å². The van der Waals surface area contributed by atoms with Crippen LogP contribution in [0.5, 0.6) is 0 Å². The van der Waals surface area contributed by atoms with Crippen LogP contribution >= 0.6 is 22.8 Å². The van der Waals surface area contributed by atoms with E-state index >= 15 is 0 Å². The summed E-state index contributed by atoms with van der Waals surface area (Å²) in [7, 11) is -15.4. The molecule has 18 nitrogen and oxygen atoms in total. The maximum absolute atomic E-state index is 12.8. The molecule has 0 aromatic carbocycles. The third-order valence-corrected chi connectivity index (χ3v) is 8.30. The summed E-state index contributed by atoms with van der Waals surface area (Å²) in [4.78, 5) is 68.7. The van der Waals surface area contributed by atoms with E-state index in [2.05, 4.69) is 0 Å². The van der Waals surface area contributed by atoms with E-state index in [9.17, 15) is 58.1 Å². The minimum atomic E-state index is -5.15. The molecule has 1 rings (SSSR count). The number of ether oxygens (including phenoxy) is 3. The van der Waals surface area contributed by atoms with Crippen LogP contribution in [0, 0.1) is 17.8 Å². The highest BCUT2D eigenvalue weighted by Gasteiger charge is 2.62. The van der Waals surface area contributed by atoms with Crippen molar-refractivity contribution in [2.24, 2.45) is 17.8 Å². The van der Waals surface area contributed by atoms with Crippen molar-refractivity contribution in [1.29, 1.82) is 0 Å². The molecule has 0 aromatic heterocycles. The molecule has 0 heterocycles. The zero-order chi connectivity index (χ0) is 32.8. The molecule has 0 saturated heterocycles. The predicted octanol–water partition coefficient (Wildman–Crippen LogP) is 0.265. The molecule has 0 spiro atoms. The molecule has 1 aliphatic rings. The smallest absolute Gasteiger partial charge is 0.353 e. The van der Waals surface area contributed by atoms with E-state index in [4.69, 9.17) is 27.8 Å². The van der Waals surface area contributed by atoms with Gasteiger partial charge in [0.1, 0.15) is 37.4 Å². The average Bonchev–Trinajstić information content (AvgIpc) is 2.89. The molecule has 0 radical (unpaired) electrons. The van der Waals surface area contributed by atoms with Crippen molar-refractivity contribution in [2.75, 3.05) is 19.0 Å². The molecular formula is C21H39O18P3. The van der Waals surface area contributed by atoms with Crippen molar-refractivity contribution in [3.8, 4) is 0 Å². The summed E-state index contributed by atoms with van der Waals surface area (Å²) in [5, 5.41) is 28.2. The number of aliphatic hydroxyl groups is 3. The lowest BCUT2D eigenvalue weighted by atomic mass is 9.84. The fraction of sp³-hybridized carbons (Fsp3) is 0.857. The topological polar surface area (TPSA) is 279 Å². The second kappa shape index (κ2) is 15.6. The summed E-state index contributed by atoms with van der Waals surface area (Å²) in [6.07, 6.45) is -18.1. The van der Waals surface area contributed by atoms with Crippen LogP contribution in [0.25, 0.3) is 0 Å². The molecule has 1 aliphatic carbocycles. The van der Waals surface area contributed by atoms with Gasteiger partial charge < -0.3 is 44.2 Å². The van der Waals surface area contributed by atoms with E-state index in [1.165, 1.54) is 41.5 Å². The standard InChI is InChI=1S/C21H39O18P3/c1-10(2)19(25)34-13-14(35-20(26)11(3)4)16(37-40(28,29)7-22)18(39-42(32,33)9-24)17(38-41(30,31)8-23)15(13)36-21(27)12(5)6/h10-18,22-24H,7-9H2,1-6H3,(H,28,29)(H,30,31)(H,32,33)/t13-,14-,15+,16-,17-,18-/m0/s1. The highest BCUT2D eigenvalue weighted by atomic mass is 31.2. The van der Waals surface area contributed by atoms with E-state index in [1.54, 1.807) is 0 Å². The number of esters is 3. The fourth-order valence-corrected chi connectivity index (χ4v) is 5.43. The fourth-order valence-electron chi connectivity index (χ4n) is 3.37. The van der Waals surface area contributed by atoms with Crippen LogP contribution in [-0.4, -0.2) is 104 Å². The highest BCUT2D eigenvalue weighted by molar-refractivity contribution is 7.53. The molecule has 21 heteroatoms. The molecule has 1 fully saturated rings. The first kappa shape index (κ1) is 38.8. The third-order valence-electron chi connectivity index (χ3n) is 5.51. The molecule has 1 saturated carbocycles. The first-order chi connectivity index (χ1) is 19.1. The van der Waals surface area contributed by atoms with Gasteiger partial charge in [-0.1, -0.05) is 41.5 Å². The first-order valence-electron chi connectivity index (χ1n) is 12.6.